The molecule has 0 saturated heterocycles. The van der Waals surface area contributed by atoms with Crippen molar-refractivity contribution in [3.05, 3.63) is 23.8 Å². The molecule has 0 aromatic heterocycles. The molecule has 0 fully saturated rings. The molecule has 2 heteroatoms. The number of rotatable bonds is 2. The summed E-state index contributed by atoms with van der Waals surface area (Å²) < 4.78 is 0. The van der Waals surface area contributed by atoms with Crippen molar-refractivity contribution in [2.45, 2.75) is 19.8 Å². The van der Waals surface area contributed by atoms with E-state index in [2.05, 4.69) is 45.0 Å². The fraction of sp³-hybridized carbons (Fsp3) is 0.455. The van der Waals surface area contributed by atoms with Gasteiger partial charge in [-0.1, -0.05) is 13.8 Å². The first-order valence-electron chi connectivity index (χ1n) is 4.59. The number of nitrogens with zero attached hydrogens (tertiary/aromatic N) is 1. The van der Waals surface area contributed by atoms with Crippen LogP contribution in [0.2, 0.25) is 0 Å². The van der Waals surface area contributed by atoms with Crippen molar-refractivity contribution in [1.82, 2.24) is 0 Å². The lowest BCUT2D eigenvalue weighted by Crippen LogP contribution is -2.12. The van der Waals surface area contributed by atoms with Crippen molar-refractivity contribution in [2.75, 3.05) is 24.7 Å². The average Bonchev–Trinajstić information content (AvgIpc) is 2.03. The fourth-order valence-corrected chi connectivity index (χ4v) is 1.44. The summed E-state index contributed by atoms with van der Waals surface area (Å²) in [6.45, 7) is 4.36. The van der Waals surface area contributed by atoms with Gasteiger partial charge in [0, 0.05) is 25.5 Å². The second kappa shape index (κ2) is 3.69. The molecule has 1 rings (SSSR count). The second-order valence-corrected chi connectivity index (χ2v) is 3.87. The molecule has 0 aliphatic carbocycles. The highest BCUT2D eigenvalue weighted by Crippen LogP contribution is 2.27. The molecule has 1 aromatic rings. The van der Waals surface area contributed by atoms with Crippen LogP contribution in [-0.2, 0) is 0 Å². The minimum absolute atomic E-state index is 0.515. The Morgan fingerprint density at radius 2 is 1.85 bits per heavy atom. The van der Waals surface area contributed by atoms with Gasteiger partial charge in [-0.25, -0.2) is 0 Å². The first kappa shape index (κ1) is 9.90. The Morgan fingerprint density at radius 3 is 2.31 bits per heavy atom. The highest BCUT2D eigenvalue weighted by Gasteiger charge is 2.07. The van der Waals surface area contributed by atoms with Gasteiger partial charge in [-0.3, -0.25) is 0 Å². The Labute approximate surface area is 80.4 Å². The van der Waals surface area contributed by atoms with Crippen molar-refractivity contribution in [1.29, 1.82) is 0 Å². The molecule has 0 heterocycles. The lowest BCUT2D eigenvalue weighted by molar-refractivity contribution is 0.859. The summed E-state index contributed by atoms with van der Waals surface area (Å²) in [6.07, 6.45) is 0. The first-order valence-corrected chi connectivity index (χ1v) is 4.59. The molecule has 13 heavy (non-hydrogen) atoms. The van der Waals surface area contributed by atoms with E-state index in [0.717, 1.165) is 5.69 Å². The lowest BCUT2D eigenvalue weighted by Gasteiger charge is -2.20. The van der Waals surface area contributed by atoms with Gasteiger partial charge >= 0.3 is 0 Å². The molecule has 0 aliphatic heterocycles. The highest BCUT2D eigenvalue weighted by molar-refractivity contribution is 5.60. The Morgan fingerprint density at radius 1 is 1.23 bits per heavy atom. The maximum absolute atomic E-state index is 5.75. The van der Waals surface area contributed by atoms with Crippen molar-refractivity contribution >= 4 is 11.4 Å². The minimum Gasteiger partial charge on any atom is -0.399 e. The summed E-state index contributed by atoms with van der Waals surface area (Å²) in [5.74, 6) is 0.515. The van der Waals surface area contributed by atoms with Gasteiger partial charge in [0.2, 0.25) is 0 Å². The van der Waals surface area contributed by atoms with Gasteiger partial charge in [0.1, 0.15) is 0 Å². The summed E-state index contributed by atoms with van der Waals surface area (Å²) >= 11 is 0. The van der Waals surface area contributed by atoms with Gasteiger partial charge in [0.25, 0.3) is 0 Å². The van der Waals surface area contributed by atoms with Crippen molar-refractivity contribution in [2.24, 2.45) is 0 Å². The Bertz CT molecular complexity index is 290. The third-order valence-corrected chi connectivity index (χ3v) is 2.16. The quantitative estimate of drug-likeness (QED) is 0.705. The van der Waals surface area contributed by atoms with Gasteiger partial charge in [0.05, 0.1) is 0 Å². The maximum Gasteiger partial charge on any atom is 0.0397 e. The lowest BCUT2D eigenvalue weighted by atomic mass is 10.00. The van der Waals surface area contributed by atoms with Crippen LogP contribution < -0.4 is 10.6 Å². The smallest absolute Gasteiger partial charge is 0.0397 e. The molecule has 2 N–H and O–H groups in total. The first-order chi connectivity index (χ1) is 6.02. The second-order valence-electron chi connectivity index (χ2n) is 3.87. The molecule has 1 aromatic carbocycles. The van der Waals surface area contributed by atoms with Gasteiger partial charge in [-0.2, -0.15) is 0 Å². The standard InChI is InChI=1S/C11H18N2/c1-8(2)10-7-9(12)5-6-11(10)13(3)4/h5-8H,12H2,1-4H3. The summed E-state index contributed by atoms with van der Waals surface area (Å²) in [6, 6.07) is 6.08. The largest absolute Gasteiger partial charge is 0.399 e. The molecule has 2 nitrogen and oxygen atoms in total. The summed E-state index contributed by atoms with van der Waals surface area (Å²) in [4.78, 5) is 2.12. The molecule has 0 bridgehead atoms. The average molecular weight is 178 g/mol. The van der Waals surface area contributed by atoms with Crippen LogP contribution in [0.3, 0.4) is 0 Å². The van der Waals surface area contributed by atoms with Crippen LogP contribution in [0.15, 0.2) is 18.2 Å². The predicted octanol–water partition coefficient (Wildman–Crippen LogP) is 2.46. The van der Waals surface area contributed by atoms with Crippen molar-refractivity contribution in [3.8, 4) is 0 Å². The highest BCUT2D eigenvalue weighted by atomic mass is 15.1. The van der Waals surface area contributed by atoms with Crippen LogP contribution in [0.1, 0.15) is 25.3 Å². The monoisotopic (exact) mass is 178 g/mol. The van der Waals surface area contributed by atoms with E-state index in [1.807, 2.05) is 6.07 Å². The third-order valence-electron chi connectivity index (χ3n) is 2.16. The Hall–Kier alpha value is -1.18. The molecule has 0 amide bonds. The predicted molar refractivity (Wildman–Crippen MR) is 59.3 cm³/mol. The van der Waals surface area contributed by atoms with E-state index in [0.29, 0.717) is 5.92 Å². The zero-order valence-electron chi connectivity index (χ0n) is 8.83. The number of anilines is 2. The zero-order valence-corrected chi connectivity index (χ0v) is 8.83. The van der Waals surface area contributed by atoms with Crippen LogP contribution in [0.4, 0.5) is 11.4 Å². The van der Waals surface area contributed by atoms with Gasteiger partial charge in [-0.15, -0.1) is 0 Å². The van der Waals surface area contributed by atoms with Crippen LogP contribution in [0.25, 0.3) is 0 Å². The Balaban J connectivity index is 3.19. The Kier molecular flexibility index (Phi) is 2.81. The molecule has 0 atom stereocenters. The molecular weight excluding hydrogens is 160 g/mol. The summed E-state index contributed by atoms with van der Waals surface area (Å²) in [5, 5.41) is 0. The SMILES string of the molecule is CC(C)c1cc(N)ccc1N(C)C. The molecule has 0 aliphatic rings. The number of hydrogen-bond donors (Lipinski definition) is 1. The fourth-order valence-electron chi connectivity index (χ4n) is 1.44. The summed E-state index contributed by atoms with van der Waals surface area (Å²) in [7, 11) is 4.11. The number of benzene rings is 1. The van der Waals surface area contributed by atoms with E-state index in [9.17, 15) is 0 Å². The van der Waals surface area contributed by atoms with E-state index >= 15 is 0 Å². The topological polar surface area (TPSA) is 29.3 Å². The van der Waals surface area contributed by atoms with Gasteiger partial charge in [-0.05, 0) is 29.7 Å². The molecule has 72 valence electrons. The molecule has 0 spiro atoms. The van der Waals surface area contributed by atoms with Crippen LogP contribution >= 0.6 is 0 Å². The van der Waals surface area contributed by atoms with Gasteiger partial charge < -0.3 is 10.6 Å². The van der Waals surface area contributed by atoms with E-state index in [4.69, 9.17) is 5.73 Å². The minimum atomic E-state index is 0.515. The van der Waals surface area contributed by atoms with Crippen molar-refractivity contribution < 1.29 is 0 Å². The molecule has 0 saturated carbocycles. The van der Waals surface area contributed by atoms with Crippen LogP contribution in [0.5, 0.6) is 0 Å². The zero-order chi connectivity index (χ0) is 10.0. The van der Waals surface area contributed by atoms with Crippen LogP contribution in [0, 0.1) is 0 Å². The van der Waals surface area contributed by atoms with E-state index in [-0.39, 0.29) is 0 Å². The van der Waals surface area contributed by atoms with Crippen molar-refractivity contribution in [3.63, 3.8) is 0 Å². The summed E-state index contributed by atoms with van der Waals surface area (Å²) in [5.41, 5.74) is 9.15. The number of nitrogens with two attached hydrogens (primary N) is 1. The van der Waals surface area contributed by atoms with E-state index in [1.165, 1.54) is 11.3 Å². The van der Waals surface area contributed by atoms with E-state index in [1.54, 1.807) is 0 Å². The molecular formula is C11H18N2. The van der Waals surface area contributed by atoms with Crippen LogP contribution in [-0.4, -0.2) is 14.1 Å². The number of hydrogen-bond acceptors (Lipinski definition) is 2. The maximum atomic E-state index is 5.75. The van der Waals surface area contributed by atoms with Gasteiger partial charge in [0.15, 0.2) is 0 Å². The molecule has 0 radical (unpaired) electrons. The molecule has 0 unspecified atom stereocenters. The van der Waals surface area contributed by atoms with E-state index < -0.39 is 0 Å². The number of nitrogen functional groups attached to an aromatic ring is 1. The third kappa shape index (κ3) is 2.14. The normalized spacial score (nSPS) is 10.5.